The predicted octanol–water partition coefficient (Wildman–Crippen LogP) is 5.01. The van der Waals surface area contributed by atoms with Gasteiger partial charge >= 0.3 is 0 Å². The molecule has 0 saturated carbocycles. The minimum Gasteiger partial charge on any atom is -0.459 e. The standard InChI is InChI=1S/C27H23N5O5S/c1-36-16-24(33)29-18-7-11-19(12-8-18)31-26(25(30-27(31)38)21-4-2-3-15-28-21)23-14-13-22(37-23)17-5-9-20(10-6-17)32(34)35/h2-15,25-26H,16H2,1H3,(H,29,33)(H,30,38)/t25-,26-/m1/s1. The molecule has 11 heteroatoms. The van der Waals surface area contributed by atoms with Gasteiger partial charge in [0.15, 0.2) is 5.11 Å². The van der Waals surface area contributed by atoms with Crippen molar-refractivity contribution in [2.45, 2.75) is 12.1 Å². The van der Waals surface area contributed by atoms with Gasteiger partial charge in [0.25, 0.3) is 5.69 Å². The minimum atomic E-state index is -0.438. The van der Waals surface area contributed by atoms with E-state index in [0.29, 0.717) is 27.9 Å². The number of amides is 1. The molecule has 2 aromatic carbocycles. The van der Waals surface area contributed by atoms with Crippen molar-refractivity contribution in [3.63, 3.8) is 0 Å². The number of aromatic nitrogens is 1. The molecule has 1 amide bonds. The number of nitro benzene ring substituents is 1. The highest BCUT2D eigenvalue weighted by atomic mass is 32.1. The molecule has 1 saturated heterocycles. The zero-order valence-electron chi connectivity index (χ0n) is 20.2. The lowest BCUT2D eigenvalue weighted by molar-refractivity contribution is -0.384. The molecule has 1 fully saturated rings. The number of ether oxygens (including phenoxy) is 1. The van der Waals surface area contributed by atoms with E-state index in [1.807, 2.05) is 47.4 Å². The molecule has 2 atom stereocenters. The van der Waals surface area contributed by atoms with Crippen molar-refractivity contribution in [1.29, 1.82) is 0 Å². The summed E-state index contributed by atoms with van der Waals surface area (Å²) in [6.45, 7) is -0.0364. The molecule has 38 heavy (non-hydrogen) atoms. The van der Waals surface area contributed by atoms with Gasteiger partial charge in [-0.2, -0.15) is 0 Å². The molecule has 5 rings (SSSR count). The second-order valence-corrected chi connectivity index (χ2v) is 8.92. The van der Waals surface area contributed by atoms with Crippen molar-refractivity contribution in [3.8, 4) is 11.3 Å². The van der Waals surface area contributed by atoms with Crippen LogP contribution in [0.2, 0.25) is 0 Å². The van der Waals surface area contributed by atoms with E-state index in [0.717, 1.165) is 11.4 Å². The van der Waals surface area contributed by atoms with E-state index < -0.39 is 4.92 Å². The second kappa shape index (κ2) is 10.8. The van der Waals surface area contributed by atoms with E-state index in [1.165, 1.54) is 19.2 Å². The van der Waals surface area contributed by atoms with Crippen LogP contribution in [0, 0.1) is 10.1 Å². The molecule has 2 aromatic heterocycles. The Bertz CT molecular complexity index is 1460. The lowest BCUT2D eigenvalue weighted by Crippen LogP contribution is -2.29. The summed E-state index contributed by atoms with van der Waals surface area (Å²) in [5, 5.41) is 17.7. The van der Waals surface area contributed by atoms with Gasteiger partial charge in [-0.05, 0) is 72.9 Å². The van der Waals surface area contributed by atoms with Gasteiger partial charge in [-0.25, -0.2) is 0 Å². The van der Waals surface area contributed by atoms with E-state index in [-0.39, 0.29) is 30.3 Å². The first-order valence-electron chi connectivity index (χ1n) is 11.7. The van der Waals surface area contributed by atoms with E-state index >= 15 is 0 Å². The van der Waals surface area contributed by atoms with Crippen LogP contribution in [0.5, 0.6) is 0 Å². The van der Waals surface area contributed by atoms with Crippen molar-refractivity contribution in [3.05, 3.63) is 107 Å². The fraction of sp³-hybridized carbons (Fsp3) is 0.148. The third-order valence-electron chi connectivity index (χ3n) is 6.08. The maximum atomic E-state index is 11.9. The van der Waals surface area contributed by atoms with Crippen LogP contribution in [0.25, 0.3) is 11.3 Å². The highest BCUT2D eigenvalue weighted by Crippen LogP contribution is 2.43. The average molecular weight is 530 g/mol. The molecular weight excluding hydrogens is 506 g/mol. The van der Waals surface area contributed by atoms with Gasteiger partial charge in [-0.15, -0.1) is 0 Å². The maximum Gasteiger partial charge on any atom is 0.269 e. The second-order valence-electron chi connectivity index (χ2n) is 8.53. The smallest absolute Gasteiger partial charge is 0.269 e. The van der Waals surface area contributed by atoms with Gasteiger partial charge in [0, 0.05) is 42.4 Å². The summed E-state index contributed by atoms with van der Waals surface area (Å²) in [5.41, 5.74) is 2.94. The molecule has 192 valence electrons. The molecular formula is C27H23N5O5S. The first-order chi connectivity index (χ1) is 18.4. The Kier molecular flexibility index (Phi) is 7.11. The number of hydrogen-bond acceptors (Lipinski definition) is 7. The van der Waals surface area contributed by atoms with Gasteiger partial charge in [0.2, 0.25) is 5.91 Å². The lowest BCUT2D eigenvalue weighted by atomic mass is 10.0. The number of rotatable bonds is 8. The van der Waals surface area contributed by atoms with Crippen molar-refractivity contribution in [2.24, 2.45) is 0 Å². The number of thiocarbonyl (C=S) groups is 1. The first-order valence-corrected chi connectivity index (χ1v) is 12.1. The Hall–Kier alpha value is -4.61. The fourth-order valence-electron chi connectivity index (χ4n) is 4.37. The van der Waals surface area contributed by atoms with Crippen LogP contribution in [-0.4, -0.2) is 34.6 Å². The number of non-ortho nitro benzene ring substituents is 1. The molecule has 3 heterocycles. The Morgan fingerprint density at radius 3 is 2.55 bits per heavy atom. The van der Waals surface area contributed by atoms with Gasteiger partial charge in [0.05, 0.1) is 16.7 Å². The summed E-state index contributed by atoms with van der Waals surface area (Å²) in [7, 11) is 1.46. The SMILES string of the molecule is COCC(=O)Nc1ccc(N2C(=S)N[C@H](c3ccccn3)[C@H]2c2ccc(-c3ccc([N+](=O)[O-])cc3)o2)cc1. The maximum absolute atomic E-state index is 11.9. The summed E-state index contributed by atoms with van der Waals surface area (Å²) < 4.78 is 11.2. The van der Waals surface area contributed by atoms with Crippen LogP contribution in [-0.2, 0) is 9.53 Å². The van der Waals surface area contributed by atoms with Crippen LogP contribution in [0.1, 0.15) is 23.5 Å². The van der Waals surface area contributed by atoms with Crippen LogP contribution in [0.3, 0.4) is 0 Å². The minimum absolute atomic E-state index is 0.00844. The molecule has 4 aromatic rings. The largest absolute Gasteiger partial charge is 0.459 e. The Morgan fingerprint density at radius 2 is 1.89 bits per heavy atom. The quantitative estimate of drug-likeness (QED) is 0.184. The number of methoxy groups -OCH3 is 1. The molecule has 1 aliphatic rings. The zero-order valence-corrected chi connectivity index (χ0v) is 21.1. The van der Waals surface area contributed by atoms with Crippen LogP contribution in [0.4, 0.5) is 17.1 Å². The van der Waals surface area contributed by atoms with Crippen LogP contribution >= 0.6 is 12.2 Å². The summed E-state index contributed by atoms with van der Waals surface area (Å²) in [6.07, 6.45) is 1.72. The monoisotopic (exact) mass is 529 g/mol. The van der Waals surface area contributed by atoms with Crippen LogP contribution < -0.4 is 15.5 Å². The number of furan rings is 1. The summed E-state index contributed by atoms with van der Waals surface area (Å²) >= 11 is 5.75. The van der Waals surface area contributed by atoms with Crippen molar-refractivity contribution in [1.82, 2.24) is 10.3 Å². The number of carbonyl (C=O) groups excluding carboxylic acids is 1. The topological polar surface area (TPSA) is 123 Å². The molecule has 0 unspecified atom stereocenters. The normalized spacial score (nSPS) is 16.8. The summed E-state index contributed by atoms with van der Waals surface area (Å²) in [5.74, 6) is 0.962. The molecule has 0 bridgehead atoms. The third-order valence-corrected chi connectivity index (χ3v) is 6.40. The molecule has 0 radical (unpaired) electrons. The number of nitrogens with one attached hydrogen (secondary N) is 2. The Labute approximate surface area is 223 Å². The molecule has 1 aliphatic heterocycles. The van der Waals surface area contributed by atoms with Crippen molar-refractivity contribution in [2.75, 3.05) is 23.9 Å². The van der Waals surface area contributed by atoms with Gasteiger partial charge in [0.1, 0.15) is 24.2 Å². The number of anilines is 2. The lowest BCUT2D eigenvalue weighted by Gasteiger charge is -2.26. The number of nitrogens with zero attached hydrogens (tertiary/aromatic N) is 3. The van der Waals surface area contributed by atoms with Crippen molar-refractivity contribution < 1.29 is 18.9 Å². The van der Waals surface area contributed by atoms with Crippen molar-refractivity contribution >= 4 is 40.3 Å². The number of pyridine rings is 1. The van der Waals surface area contributed by atoms with E-state index in [4.69, 9.17) is 21.4 Å². The average Bonchev–Trinajstić information content (AvgIpc) is 3.54. The number of nitro groups is 1. The summed E-state index contributed by atoms with van der Waals surface area (Å²) in [6, 6.07) is 22.2. The van der Waals surface area contributed by atoms with E-state index in [9.17, 15) is 14.9 Å². The fourth-order valence-corrected chi connectivity index (χ4v) is 4.72. The molecule has 0 aliphatic carbocycles. The predicted molar refractivity (Wildman–Crippen MR) is 146 cm³/mol. The summed E-state index contributed by atoms with van der Waals surface area (Å²) in [4.78, 5) is 29.0. The first kappa shape index (κ1) is 25.1. The number of carbonyl (C=O) groups is 1. The number of benzene rings is 2. The highest BCUT2D eigenvalue weighted by Gasteiger charge is 2.42. The van der Waals surface area contributed by atoms with Crippen LogP contribution in [0.15, 0.2) is 89.5 Å². The molecule has 0 spiro atoms. The van der Waals surface area contributed by atoms with E-state index in [2.05, 4.69) is 15.6 Å². The van der Waals surface area contributed by atoms with Gasteiger partial charge in [-0.1, -0.05) is 6.07 Å². The van der Waals surface area contributed by atoms with Gasteiger partial charge in [-0.3, -0.25) is 19.9 Å². The Morgan fingerprint density at radius 1 is 1.13 bits per heavy atom. The number of hydrogen-bond donors (Lipinski definition) is 2. The molecule has 2 N–H and O–H groups in total. The van der Waals surface area contributed by atoms with E-state index in [1.54, 1.807) is 30.5 Å². The van der Waals surface area contributed by atoms with Gasteiger partial charge < -0.3 is 24.7 Å². The molecule has 10 nitrogen and oxygen atoms in total. The zero-order chi connectivity index (χ0) is 26.6. The third kappa shape index (κ3) is 5.10. The Balaban J connectivity index is 1.49. The highest BCUT2D eigenvalue weighted by molar-refractivity contribution is 7.80.